The van der Waals surface area contributed by atoms with Crippen molar-refractivity contribution in [1.82, 2.24) is 10.2 Å². The van der Waals surface area contributed by atoms with Crippen LogP contribution in [0.1, 0.15) is 31.2 Å². The van der Waals surface area contributed by atoms with E-state index >= 15 is 0 Å². The molecule has 2 atom stereocenters. The van der Waals surface area contributed by atoms with E-state index in [1.165, 1.54) is 12.1 Å². The number of likely N-dealkylation sites (tertiary alicyclic amines) is 1. The second kappa shape index (κ2) is 9.56. The molecule has 3 rings (SSSR count). The highest BCUT2D eigenvalue weighted by Crippen LogP contribution is 2.37. The highest BCUT2D eigenvalue weighted by Gasteiger charge is 2.48. The first-order valence-corrected chi connectivity index (χ1v) is 11.6. The van der Waals surface area contributed by atoms with E-state index < -0.39 is 35.1 Å². The van der Waals surface area contributed by atoms with Crippen molar-refractivity contribution in [3.63, 3.8) is 0 Å². The topological polar surface area (TPSA) is 153 Å². The van der Waals surface area contributed by atoms with Crippen LogP contribution in [0.5, 0.6) is 0 Å². The Morgan fingerprint density at radius 3 is 2.19 bits per heavy atom. The molecule has 0 spiro atoms. The summed E-state index contributed by atoms with van der Waals surface area (Å²) in [6.07, 6.45) is 3.55. The Morgan fingerprint density at radius 1 is 1.06 bits per heavy atom. The quantitative estimate of drug-likeness (QED) is 0.407. The van der Waals surface area contributed by atoms with Crippen molar-refractivity contribution in [1.29, 1.82) is 0 Å². The van der Waals surface area contributed by atoms with Gasteiger partial charge in [-0.3, -0.25) is 24.1 Å². The van der Waals surface area contributed by atoms with Crippen LogP contribution in [0.4, 0.5) is 0 Å². The number of carbonyl (C=O) groups is 4. The molecule has 11 heteroatoms. The maximum Gasteiger partial charge on any atom is 0.326 e. The van der Waals surface area contributed by atoms with Gasteiger partial charge in [-0.1, -0.05) is 25.0 Å². The van der Waals surface area contributed by atoms with Gasteiger partial charge in [0.2, 0.25) is 21.8 Å². The fraction of sp³-hybridized carbons (Fsp3) is 0.500. The minimum atomic E-state index is -3.75. The molecule has 1 aliphatic carbocycles. The maximum absolute atomic E-state index is 12.4. The zero-order valence-corrected chi connectivity index (χ0v) is 17.7. The Kier molecular flexibility index (Phi) is 7.06. The molecule has 0 aromatic heterocycles. The van der Waals surface area contributed by atoms with E-state index in [2.05, 4.69) is 5.32 Å². The molecule has 0 radical (unpaired) electrons. The summed E-state index contributed by atoms with van der Waals surface area (Å²) < 4.78 is 27.3. The van der Waals surface area contributed by atoms with Gasteiger partial charge in [0.25, 0.3) is 5.91 Å². The molecule has 1 saturated heterocycles. The molecule has 2 fully saturated rings. The van der Waals surface area contributed by atoms with Gasteiger partial charge in [-0.2, -0.15) is 0 Å². The van der Waals surface area contributed by atoms with Crippen LogP contribution in [0, 0.1) is 11.8 Å². The number of nitrogens with zero attached hydrogens (tertiary/aromatic N) is 1. The lowest BCUT2D eigenvalue weighted by Crippen LogP contribution is -2.38. The SMILES string of the molecule is NS(=O)(=O)c1ccc(CCNC(=O)COC(=O)CN2C(=O)[C@H]3CCCC[C@@H]3C2=O)cc1. The number of nitrogens with one attached hydrogen (secondary N) is 1. The van der Waals surface area contributed by atoms with Crippen molar-refractivity contribution in [3.05, 3.63) is 29.8 Å². The van der Waals surface area contributed by atoms with Crippen molar-refractivity contribution in [2.45, 2.75) is 37.0 Å². The number of amides is 3. The third-order valence-electron chi connectivity index (χ3n) is 5.57. The summed E-state index contributed by atoms with van der Waals surface area (Å²) in [6, 6.07) is 5.94. The number of imide groups is 1. The number of ether oxygens (including phenoxy) is 1. The second-order valence-electron chi connectivity index (χ2n) is 7.71. The highest BCUT2D eigenvalue weighted by atomic mass is 32.2. The van der Waals surface area contributed by atoms with Crippen molar-refractivity contribution in [2.24, 2.45) is 17.0 Å². The Morgan fingerprint density at radius 2 is 1.65 bits per heavy atom. The van der Waals surface area contributed by atoms with E-state index in [4.69, 9.17) is 9.88 Å². The van der Waals surface area contributed by atoms with Gasteiger partial charge in [0.15, 0.2) is 6.61 Å². The summed E-state index contributed by atoms with van der Waals surface area (Å²) in [5.74, 6) is -2.67. The number of nitrogens with two attached hydrogens (primary N) is 1. The second-order valence-corrected chi connectivity index (χ2v) is 9.27. The predicted octanol–water partition coefficient (Wildman–Crippen LogP) is -0.289. The minimum Gasteiger partial charge on any atom is -0.454 e. The Balaban J connectivity index is 1.38. The number of fused-ring (bicyclic) bond motifs is 1. The van der Waals surface area contributed by atoms with Crippen molar-refractivity contribution >= 4 is 33.7 Å². The number of carbonyl (C=O) groups excluding carboxylic acids is 4. The standard InChI is InChI=1S/C20H25N3O7S/c21-31(28,29)14-7-5-13(6-8-14)9-10-22-17(24)12-30-18(25)11-23-19(26)15-3-1-2-4-16(15)20(23)27/h5-8,15-16H,1-4,9-12H2,(H,22,24)(H2,21,28,29)/t15-,16-/m0/s1. The average molecular weight is 452 g/mol. The summed E-state index contributed by atoms with van der Waals surface area (Å²) in [6.45, 7) is -0.752. The highest BCUT2D eigenvalue weighted by molar-refractivity contribution is 7.89. The number of sulfonamides is 1. The van der Waals surface area contributed by atoms with Gasteiger partial charge >= 0.3 is 5.97 Å². The molecule has 3 N–H and O–H groups in total. The van der Waals surface area contributed by atoms with E-state index in [0.717, 1.165) is 23.3 Å². The molecule has 1 saturated carbocycles. The van der Waals surface area contributed by atoms with E-state index in [-0.39, 0.29) is 35.1 Å². The van der Waals surface area contributed by atoms with E-state index in [0.29, 0.717) is 19.3 Å². The largest absolute Gasteiger partial charge is 0.454 e. The summed E-state index contributed by atoms with van der Waals surface area (Å²) in [5, 5.41) is 7.61. The minimum absolute atomic E-state index is 0.00131. The van der Waals surface area contributed by atoms with Crippen molar-refractivity contribution < 1.29 is 32.3 Å². The number of hydrogen-bond donors (Lipinski definition) is 2. The van der Waals surface area contributed by atoms with E-state index in [1.54, 1.807) is 12.1 Å². The Bertz CT molecular complexity index is 951. The van der Waals surface area contributed by atoms with Gasteiger partial charge in [-0.05, 0) is 37.0 Å². The van der Waals surface area contributed by atoms with Crippen molar-refractivity contribution in [2.75, 3.05) is 19.7 Å². The molecule has 3 amide bonds. The summed E-state index contributed by atoms with van der Waals surface area (Å²) in [7, 11) is -3.75. The van der Waals surface area contributed by atoms with Gasteiger partial charge in [-0.25, -0.2) is 13.6 Å². The predicted molar refractivity (Wildman–Crippen MR) is 108 cm³/mol. The van der Waals surface area contributed by atoms with Crippen molar-refractivity contribution in [3.8, 4) is 0 Å². The number of hydrogen-bond acceptors (Lipinski definition) is 7. The first kappa shape index (κ1) is 22.9. The van der Waals surface area contributed by atoms with Crippen LogP contribution in [-0.4, -0.2) is 56.7 Å². The third-order valence-corrected chi connectivity index (χ3v) is 6.50. The zero-order valence-electron chi connectivity index (χ0n) is 16.9. The van der Waals surface area contributed by atoms with Crippen LogP contribution >= 0.6 is 0 Å². The van der Waals surface area contributed by atoms with Crippen LogP contribution in [0.2, 0.25) is 0 Å². The normalized spacial score (nSPS) is 21.0. The van der Waals surface area contributed by atoms with E-state index in [9.17, 15) is 27.6 Å². The van der Waals surface area contributed by atoms with Crippen LogP contribution < -0.4 is 10.5 Å². The lowest BCUT2D eigenvalue weighted by atomic mass is 9.81. The lowest BCUT2D eigenvalue weighted by molar-refractivity contribution is -0.154. The monoisotopic (exact) mass is 451 g/mol. The van der Waals surface area contributed by atoms with Crippen LogP contribution in [0.3, 0.4) is 0 Å². The Hall–Kier alpha value is -2.79. The molecule has 1 aromatic carbocycles. The maximum atomic E-state index is 12.4. The number of esters is 1. The summed E-state index contributed by atoms with van der Waals surface area (Å²) in [4.78, 5) is 49.5. The molecule has 2 aliphatic rings. The van der Waals surface area contributed by atoms with Gasteiger partial charge in [0, 0.05) is 6.54 Å². The third kappa shape index (κ3) is 5.67. The average Bonchev–Trinajstić information content (AvgIpc) is 2.97. The van der Waals surface area contributed by atoms with E-state index in [1.807, 2.05) is 0 Å². The van der Waals surface area contributed by atoms with Crippen LogP contribution in [-0.2, 0) is 40.4 Å². The number of primary sulfonamides is 1. The molecule has 0 bridgehead atoms. The molecule has 10 nitrogen and oxygen atoms in total. The molecular formula is C20H25N3O7S. The zero-order chi connectivity index (χ0) is 22.6. The molecular weight excluding hydrogens is 426 g/mol. The lowest BCUT2D eigenvalue weighted by Gasteiger charge is -2.19. The van der Waals surface area contributed by atoms with Gasteiger partial charge < -0.3 is 10.1 Å². The summed E-state index contributed by atoms with van der Waals surface area (Å²) in [5.41, 5.74) is 0.789. The van der Waals surface area contributed by atoms with Crippen LogP contribution in [0.15, 0.2) is 29.2 Å². The molecule has 0 unspecified atom stereocenters. The Labute approximate surface area is 180 Å². The summed E-state index contributed by atoms with van der Waals surface area (Å²) >= 11 is 0. The molecule has 1 aliphatic heterocycles. The molecule has 1 aromatic rings. The first-order valence-electron chi connectivity index (χ1n) is 10.1. The first-order chi connectivity index (χ1) is 14.7. The molecule has 168 valence electrons. The number of benzene rings is 1. The van der Waals surface area contributed by atoms with Gasteiger partial charge in [0.05, 0.1) is 16.7 Å². The molecule has 31 heavy (non-hydrogen) atoms. The fourth-order valence-corrected chi connectivity index (χ4v) is 4.47. The smallest absolute Gasteiger partial charge is 0.326 e. The number of rotatable bonds is 8. The fourth-order valence-electron chi connectivity index (χ4n) is 3.95. The molecule has 1 heterocycles. The van der Waals surface area contributed by atoms with Gasteiger partial charge in [-0.15, -0.1) is 0 Å². The van der Waals surface area contributed by atoms with Crippen LogP contribution in [0.25, 0.3) is 0 Å². The van der Waals surface area contributed by atoms with Gasteiger partial charge in [0.1, 0.15) is 6.54 Å².